The van der Waals surface area contributed by atoms with Gasteiger partial charge in [-0.25, -0.2) is 22.4 Å². The number of carbonyl (C=O) groups is 1. The van der Waals surface area contributed by atoms with Crippen molar-refractivity contribution in [2.45, 2.75) is 6.10 Å². The van der Waals surface area contributed by atoms with Gasteiger partial charge in [0.15, 0.2) is 11.6 Å². The van der Waals surface area contributed by atoms with Crippen molar-refractivity contribution >= 4 is 11.7 Å². The first-order valence-corrected chi connectivity index (χ1v) is 11.3. The fourth-order valence-corrected chi connectivity index (χ4v) is 3.95. The van der Waals surface area contributed by atoms with Gasteiger partial charge in [-0.05, 0) is 35.4 Å². The molecule has 1 heterocycles. The van der Waals surface area contributed by atoms with Gasteiger partial charge < -0.3 is 15.0 Å². The summed E-state index contributed by atoms with van der Waals surface area (Å²) in [4.78, 5) is 16.1. The maximum atomic E-state index is 13.8. The normalized spacial score (nSPS) is 15.1. The lowest BCUT2D eigenvalue weighted by Gasteiger charge is -2.34. The number of hydrogen-bond donors (Lipinski definition) is 1. The van der Waals surface area contributed by atoms with E-state index in [0.29, 0.717) is 44.9 Å². The van der Waals surface area contributed by atoms with E-state index in [-0.39, 0.29) is 5.69 Å². The molecule has 0 radical (unpaired) electrons. The molecule has 0 saturated carbocycles. The minimum absolute atomic E-state index is 0.199. The van der Waals surface area contributed by atoms with Crippen LogP contribution in [0.4, 0.5) is 28.0 Å². The van der Waals surface area contributed by atoms with Gasteiger partial charge >= 0.3 is 6.03 Å². The Balaban J connectivity index is 1.30. The van der Waals surface area contributed by atoms with E-state index in [1.54, 1.807) is 0 Å². The highest BCUT2D eigenvalue weighted by Crippen LogP contribution is 2.27. The van der Waals surface area contributed by atoms with Crippen molar-refractivity contribution in [3.63, 3.8) is 0 Å². The summed E-state index contributed by atoms with van der Waals surface area (Å²) in [5.74, 6) is -3.18. The molecule has 1 aliphatic heterocycles. The SMILES string of the molecule is O=C(Nc1cc(F)ccc1F)N1CCN(CCOC(c2ccccc2)c2ccc(F)c(F)c2)CC1. The van der Waals surface area contributed by atoms with Gasteiger partial charge in [0.1, 0.15) is 17.7 Å². The first kappa shape index (κ1) is 24.7. The molecule has 5 nitrogen and oxygen atoms in total. The molecule has 4 rings (SSSR count). The predicted molar refractivity (Wildman–Crippen MR) is 124 cm³/mol. The summed E-state index contributed by atoms with van der Waals surface area (Å²) in [5.41, 5.74) is 1.14. The van der Waals surface area contributed by atoms with Gasteiger partial charge in [0.05, 0.1) is 12.3 Å². The van der Waals surface area contributed by atoms with E-state index in [4.69, 9.17) is 4.74 Å². The molecule has 1 aliphatic rings. The number of urea groups is 1. The Labute approximate surface area is 200 Å². The molecule has 1 unspecified atom stereocenters. The summed E-state index contributed by atoms with van der Waals surface area (Å²) in [7, 11) is 0. The number of benzene rings is 3. The third-order valence-electron chi connectivity index (χ3n) is 5.87. The molecular formula is C26H25F4N3O2. The summed E-state index contributed by atoms with van der Waals surface area (Å²) in [6, 6.07) is 15.4. The molecule has 1 atom stereocenters. The molecule has 0 aromatic heterocycles. The average Bonchev–Trinajstić information content (AvgIpc) is 2.87. The standard InChI is InChI=1S/C26H25F4N3O2/c27-20-7-9-22(29)24(17-20)31-26(34)33-12-10-32(11-13-33)14-15-35-25(18-4-2-1-3-5-18)19-6-8-21(28)23(30)16-19/h1-9,16-17,25H,10-15H2,(H,31,34). The van der Waals surface area contributed by atoms with E-state index in [9.17, 15) is 22.4 Å². The molecule has 184 valence electrons. The van der Waals surface area contributed by atoms with Gasteiger partial charge in [-0.15, -0.1) is 0 Å². The van der Waals surface area contributed by atoms with Crippen LogP contribution in [0.1, 0.15) is 17.2 Å². The number of ether oxygens (including phenoxy) is 1. The molecule has 1 fully saturated rings. The average molecular weight is 487 g/mol. The van der Waals surface area contributed by atoms with Crippen LogP contribution >= 0.6 is 0 Å². The van der Waals surface area contributed by atoms with E-state index in [0.717, 1.165) is 35.9 Å². The van der Waals surface area contributed by atoms with Crippen molar-refractivity contribution in [2.75, 3.05) is 44.6 Å². The lowest BCUT2D eigenvalue weighted by Crippen LogP contribution is -2.50. The van der Waals surface area contributed by atoms with Crippen LogP contribution in [-0.2, 0) is 4.74 Å². The smallest absolute Gasteiger partial charge is 0.322 e. The first-order valence-electron chi connectivity index (χ1n) is 11.3. The summed E-state index contributed by atoms with van der Waals surface area (Å²) >= 11 is 0. The molecule has 2 amide bonds. The zero-order valence-electron chi connectivity index (χ0n) is 18.9. The van der Waals surface area contributed by atoms with Gasteiger partial charge in [-0.1, -0.05) is 36.4 Å². The molecular weight excluding hydrogens is 462 g/mol. The van der Waals surface area contributed by atoms with Crippen LogP contribution in [0.5, 0.6) is 0 Å². The van der Waals surface area contributed by atoms with Crippen molar-refractivity contribution in [1.82, 2.24) is 9.80 Å². The van der Waals surface area contributed by atoms with Crippen molar-refractivity contribution in [3.05, 3.63) is 101 Å². The fraction of sp³-hybridized carbons (Fsp3) is 0.269. The quantitative estimate of drug-likeness (QED) is 0.466. The van der Waals surface area contributed by atoms with Crippen LogP contribution in [0.15, 0.2) is 66.7 Å². The molecule has 0 spiro atoms. The van der Waals surface area contributed by atoms with Crippen LogP contribution in [0.25, 0.3) is 0 Å². The number of nitrogens with zero attached hydrogens (tertiary/aromatic N) is 2. The van der Waals surface area contributed by atoms with Gasteiger partial charge in [0.25, 0.3) is 0 Å². The molecule has 1 N–H and O–H groups in total. The van der Waals surface area contributed by atoms with Crippen molar-refractivity contribution < 1.29 is 27.1 Å². The number of hydrogen-bond acceptors (Lipinski definition) is 3. The minimum Gasteiger partial charge on any atom is -0.367 e. The monoisotopic (exact) mass is 487 g/mol. The number of rotatable bonds is 7. The molecule has 0 bridgehead atoms. The van der Waals surface area contributed by atoms with Crippen molar-refractivity contribution in [3.8, 4) is 0 Å². The van der Waals surface area contributed by atoms with E-state index >= 15 is 0 Å². The Morgan fingerprint density at radius 1 is 0.829 bits per heavy atom. The highest BCUT2D eigenvalue weighted by molar-refractivity contribution is 5.89. The number of carbonyl (C=O) groups excluding carboxylic acids is 1. The predicted octanol–water partition coefficient (Wildman–Crippen LogP) is 5.20. The lowest BCUT2D eigenvalue weighted by atomic mass is 10.0. The number of piperazine rings is 1. The number of anilines is 1. The van der Waals surface area contributed by atoms with Crippen LogP contribution < -0.4 is 5.32 Å². The Morgan fingerprint density at radius 3 is 2.26 bits per heavy atom. The topological polar surface area (TPSA) is 44.8 Å². The second kappa shape index (κ2) is 11.3. The summed E-state index contributed by atoms with van der Waals surface area (Å²) in [5, 5.41) is 2.41. The third-order valence-corrected chi connectivity index (χ3v) is 5.87. The highest BCUT2D eigenvalue weighted by Gasteiger charge is 2.23. The van der Waals surface area contributed by atoms with Crippen molar-refractivity contribution in [1.29, 1.82) is 0 Å². The van der Waals surface area contributed by atoms with Gasteiger partial charge in [0.2, 0.25) is 0 Å². The maximum absolute atomic E-state index is 13.8. The number of nitrogens with one attached hydrogen (secondary N) is 1. The largest absolute Gasteiger partial charge is 0.367 e. The summed E-state index contributed by atoms with van der Waals surface area (Å²) in [6.07, 6.45) is -0.556. The zero-order valence-corrected chi connectivity index (χ0v) is 18.9. The molecule has 1 saturated heterocycles. The molecule has 9 heteroatoms. The molecule has 0 aliphatic carbocycles. The van der Waals surface area contributed by atoms with E-state index in [1.807, 2.05) is 30.3 Å². The van der Waals surface area contributed by atoms with Gasteiger partial charge in [-0.2, -0.15) is 0 Å². The van der Waals surface area contributed by atoms with E-state index < -0.39 is 35.4 Å². The summed E-state index contributed by atoms with van der Waals surface area (Å²) < 4.78 is 60.5. The van der Waals surface area contributed by atoms with Crippen LogP contribution in [0.3, 0.4) is 0 Å². The Kier molecular flexibility index (Phi) is 7.99. The maximum Gasteiger partial charge on any atom is 0.322 e. The minimum atomic E-state index is -0.931. The number of halogens is 4. The van der Waals surface area contributed by atoms with Crippen LogP contribution in [0.2, 0.25) is 0 Å². The molecule has 35 heavy (non-hydrogen) atoms. The van der Waals surface area contributed by atoms with E-state index in [1.165, 1.54) is 11.0 Å². The second-order valence-corrected chi connectivity index (χ2v) is 8.22. The molecule has 3 aromatic carbocycles. The van der Waals surface area contributed by atoms with E-state index in [2.05, 4.69) is 10.2 Å². The number of amides is 2. The zero-order chi connectivity index (χ0) is 24.8. The summed E-state index contributed by atoms with van der Waals surface area (Å²) in [6.45, 7) is 2.87. The van der Waals surface area contributed by atoms with Crippen LogP contribution in [0, 0.1) is 23.3 Å². The van der Waals surface area contributed by atoms with Gasteiger partial charge in [-0.3, -0.25) is 4.90 Å². The Bertz CT molecular complexity index is 1150. The highest BCUT2D eigenvalue weighted by atomic mass is 19.2. The Hall–Kier alpha value is -3.43. The third kappa shape index (κ3) is 6.37. The second-order valence-electron chi connectivity index (χ2n) is 8.22. The molecule has 3 aromatic rings. The lowest BCUT2D eigenvalue weighted by molar-refractivity contribution is 0.0496. The Morgan fingerprint density at radius 2 is 1.54 bits per heavy atom. The van der Waals surface area contributed by atoms with Crippen LogP contribution in [-0.4, -0.2) is 55.2 Å². The van der Waals surface area contributed by atoms with Gasteiger partial charge in [0, 0.05) is 38.8 Å². The first-order chi connectivity index (χ1) is 16.9. The van der Waals surface area contributed by atoms with Crippen molar-refractivity contribution in [2.24, 2.45) is 0 Å². The fourth-order valence-electron chi connectivity index (χ4n) is 3.95.